The van der Waals surface area contributed by atoms with Gasteiger partial charge >= 0.3 is 0 Å². The van der Waals surface area contributed by atoms with Crippen molar-refractivity contribution in [2.45, 2.75) is 25.8 Å². The topological polar surface area (TPSA) is 20.2 Å². The average molecular weight is 409 g/mol. The molecule has 1 N–H and O–H groups in total. The Bertz CT molecular complexity index is 1090. The van der Waals surface area contributed by atoms with E-state index in [-0.39, 0.29) is 5.04 Å². The maximum Gasteiger partial charge on any atom is 0.154 e. The molecule has 0 aliphatic rings. The van der Waals surface area contributed by atoms with Crippen LogP contribution < -0.4 is 15.6 Å². The Morgan fingerprint density at radius 2 is 0.967 bits per heavy atom. The fraction of sp³-hybridized carbons (Fsp3) is 0.143. The molecule has 4 aromatic carbocycles. The highest BCUT2D eigenvalue weighted by atomic mass is 28.3. The summed E-state index contributed by atoms with van der Waals surface area (Å²) in [5, 5.41) is 14.8. The number of phenolic OH excluding ortho intramolecular Hbond substituents is 1. The summed E-state index contributed by atoms with van der Waals surface area (Å²) in [6.07, 6.45) is 0. The number of hydrogen-bond donors (Lipinski definition) is 1. The summed E-state index contributed by atoms with van der Waals surface area (Å²) in [7, 11) is -2.49. The summed E-state index contributed by atoms with van der Waals surface area (Å²) in [4.78, 5) is 0. The molecule has 4 aromatic rings. The van der Waals surface area contributed by atoms with Crippen LogP contribution in [0.1, 0.15) is 20.8 Å². The minimum absolute atomic E-state index is 0.00376. The molecule has 1 nitrogen and oxygen atoms in total. The standard InChI is InChI=1S/C28H28OSi/c1-28(2,3)30(22-14-6-4-7-15-22,23-16-8-5-9-17-23)27-21-13-11-19-25(27)24-18-10-12-20-26(24)29/h4-21,29H,1-3H3. The van der Waals surface area contributed by atoms with Crippen molar-refractivity contribution in [1.29, 1.82) is 0 Å². The minimum atomic E-state index is -2.49. The van der Waals surface area contributed by atoms with Crippen LogP contribution in [-0.4, -0.2) is 13.2 Å². The Kier molecular flexibility index (Phi) is 5.36. The fourth-order valence-corrected chi connectivity index (χ4v) is 10.7. The molecule has 0 saturated carbocycles. The minimum Gasteiger partial charge on any atom is -0.507 e. The van der Waals surface area contributed by atoms with Crippen LogP contribution in [0, 0.1) is 0 Å². The first-order valence-corrected chi connectivity index (χ1v) is 12.4. The van der Waals surface area contributed by atoms with E-state index in [9.17, 15) is 5.11 Å². The van der Waals surface area contributed by atoms with Gasteiger partial charge in [-0.15, -0.1) is 0 Å². The van der Waals surface area contributed by atoms with Crippen molar-refractivity contribution in [1.82, 2.24) is 0 Å². The fourth-order valence-electron chi connectivity index (χ4n) is 4.87. The molecule has 0 amide bonds. The average Bonchev–Trinajstić information content (AvgIpc) is 2.76. The predicted octanol–water partition coefficient (Wildman–Crippen LogP) is 5.33. The molecule has 0 unspecified atom stereocenters. The molecule has 0 saturated heterocycles. The molecule has 2 heteroatoms. The third-order valence-electron chi connectivity index (χ3n) is 6.06. The number of aromatic hydroxyl groups is 1. The van der Waals surface area contributed by atoms with Crippen molar-refractivity contribution in [2.75, 3.05) is 0 Å². The van der Waals surface area contributed by atoms with Gasteiger partial charge in [-0.05, 0) is 32.2 Å². The Balaban J connectivity index is 2.16. The molecule has 0 heterocycles. The van der Waals surface area contributed by atoms with Crippen molar-refractivity contribution in [2.24, 2.45) is 0 Å². The molecular formula is C28H28OSi. The molecule has 30 heavy (non-hydrogen) atoms. The maximum absolute atomic E-state index is 10.7. The summed E-state index contributed by atoms with van der Waals surface area (Å²) < 4.78 is 0. The first kappa shape index (κ1) is 20.2. The van der Waals surface area contributed by atoms with Crippen LogP contribution in [0.5, 0.6) is 5.75 Å². The van der Waals surface area contributed by atoms with Gasteiger partial charge in [-0.2, -0.15) is 0 Å². The molecule has 0 radical (unpaired) electrons. The van der Waals surface area contributed by atoms with Crippen LogP contribution in [0.2, 0.25) is 5.04 Å². The normalized spacial score (nSPS) is 12.0. The van der Waals surface area contributed by atoms with E-state index < -0.39 is 8.07 Å². The summed E-state index contributed by atoms with van der Waals surface area (Å²) in [6, 6.07) is 38.2. The lowest BCUT2D eigenvalue weighted by Crippen LogP contribution is -2.72. The quantitative estimate of drug-likeness (QED) is 0.357. The molecule has 0 atom stereocenters. The number of rotatable bonds is 4. The lowest BCUT2D eigenvalue weighted by Gasteiger charge is -2.45. The SMILES string of the molecule is CC(C)(C)[Si](c1ccccc1)(c1ccccc1)c1ccccc1-c1ccccc1O. The van der Waals surface area contributed by atoms with Gasteiger partial charge in [0.2, 0.25) is 0 Å². The van der Waals surface area contributed by atoms with Gasteiger partial charge in [0.1, 0.15) is 5.75 Å². The van der Waals surface area contributed by atoms with Crippen LogP contribution >= 0.6 is 0 Å². The number of hydrogen-bond acceptors (Lipinski definition) is 1. The van der Waals surface area contributed by atoms with Crippen molar-refractivity contribution in [3.63, 3.8) is 0 Å². The lowest BCUT2D eigenvalue weighted by molar-refractivity contribution is 0.477. The Morgan fingerprint density at radius 1 is 0.533 bits per heavy atom. The van der Waals surface area contributed by atoms with E-state index in [1.165, 1.54) is 15.6 Å². The van der Waals surface area contributed by atoms with Gasteiger partial charge in [0.25, 0.3) is 0 Å². The second kappa shape index (κ2) is 7.96. The molecule has 0 spiro atoms. The van der Waals surface area contributed by atoms with Crippen molar-refractivity contribution >= 4 is 23.6 Å². The number of phenols is 1. The van der Waals surface area contributed by atoms with Gasteiger partial charge in [0, 0.05) is 5.56 Å². The van der Waals surface area contributed by atoms with E-state index in [1.807, 2.05) is 18.2 Å². The Hall–Kier alpha value is -3.10. The van der Waals surface area contributed by atoms with Crippen molar-refractivity contribution < 1.29 is 5.11 Å². The largest absolute Gasteiger partial charge is 0.507 e. The highest BCUT2D eigenvalue weighted by molar-refractivity contribution is 7.13. The zero-order chi connectivity index (χ0) is 21.2. The third-order valence-corrected chi connectivity index (χ3v) is 12.0. The van der Waals surface area contributed by atoms with Crippen LogP contribution in [0.4, 0.5) is 0 Å². The second-order valence-electron chi connectivity index (χ2n) is 8.79. The number of benzene rings is 4. The van der Waals surface area contributed by atoms with Gasteiger partial charge < -0.3 is 5.11 Å². The van der Waals surface area contributed by atoms with E-state index >= 15 is 0 Å². The summed E-state index contributed by atoms with van der Waals surface area (Å²) >= 11 is 0. The molecule has 0 aromatic heterocycles. The first-order valence-electron chi connectivity index (χ1n) is 10.4. The zero-order valence-corrected chi connectivity index (χ0v) is 18.8. The number of para-hydroxylation sites is 1. The Labute approximate surface area is 180 Å². The van der Waals surface area contributed by atoms with Crippen LogP contribution in [0.25, 0.3) is 11.1 Å². The first-order chi connectivity index (χ1) is 14.5. The maximum atomic E-state index is 10.7. The monoisotopic (exact) mass is 408 g/mol. The zero-order valence-electron chi connectivity index (χ0n) is 17.8. The molecule has 0 aliphatic heterocycles. The van der Waals surface area contributed by atoms with E-state index in [4.69, 9.17) is 0 Å². The van der Waals surface area contributed by atoms with Gasteiger partial charge in [-0.25, -0.2) is 0 Å². The molecule has 0 fully saturated rings. The summed E-state index contributed by atoms with van der Waals surface area (Å²) in [5.74, 6) is 0.322. The molecule has 0 aliphatic carbocycles. The highest BCUT2D eigenvalue weighted by Gasteiger charge is 2.50. The van der Waals surface area contributed by atoms with Crippen molar-refractivity contribution in [3.8, 4) is 16.9 Å². The third kappa shape index (κ3) is 3.27. The Morgan fingerprint density at radius 3 is 1.47 bits per heavy atom. The molecule has 4 rings (SSSR count). The molecular weight excluding hydrogens is 380 g/mol. The smallest absolute Gasteiger partial charge is 0.154 e. The van der Waals surface area contributed by atoms with Crippen LogP contribution in [0.3, 0.4) is 0 Å². The van der Waals surface area contributed by atoms with Gasteiger partial charge in [-0.1, -0.05) is 124 Å². The molecule has 150 valence electrons. The van der Waals surface area contributed by atoms with Crippen LogP contribution in [0.15, 0.2) is 109 Å². The second-order valence-corrected chi connectivity index (χ2v) is 13.5. The highest BCUT2D eigenvalue weighted by Crippen LogP contribution is 2.38. The molecule has 0 bridgehead atoms. The van der Waals surface area contributed by atoms with Crippen molar-refractivity contribution in [3.05, 3.63) is 109 Å². The summed E-state index contributed by atoms with van der Waals surface area (Å²) in [5.41, 5.74) is 2.01. The van der Waals surface area contributed by atoms with Crippen LogP contribution in [-0.2, 0) is 0 Å². The van der Waals surface area contributed by atoms with E-state index in [2.05, 4.69) is 106 Å². The van der Waals surface area contributed by atoms with Gasteiger partial charge in [-0.3, -0.25) is 0 Å². The van der Waals surface area contributed by atoms with Gasteiger partial charge in [0.05, 0.1) is 0 Å². The van der Waals surface area contributed by atoms with E-state index in [0.717, 1.165) is 11.1 Å². The van der Waals surface area contributed by atoms with E-state index in [1.54, 1.807) is 6.07 Å². The summed E-state index contributed by atoms with van der Waals surface area (Å²) in [6.45, 7) is 7.09. The van der Waals surface area contributed by atoms with Gasteiger partial charge in [0.15, 0.2) is 8.07 Å². The van der Waals surface area contributed by atoms with E-state index in [0.29, 0.717) is 5.75 Å². The lowest BCUT2D eigenvalue weighted by atomic mass is 10.0. The predicted molar refractivity (Wildman–Crippen MR) is 131 cm³/mol.